The summed E-state index contributed by atoms with van der Waals surface area (Å²) in [6.45, 7) is 4.20. The maximum absolute atomic E-state index is 13.9. The number of pyridine rings is 1. The maximum Gasteiger partial charge on any atom is 0.247 e. The van der Waals surface area contributed by atoms with Crippen LogP contribution >= 0.6 is 0 Å². The summed E-state index contributed by atoms with van der Waals surface area (Å²) in [4.78, 5) is 18.9. The van der Waals surface area contributed by atoms with Crippen LogP contribution < -0.4 is 10.6 Å². The summed E-state index contributed by atoms with van der Waals surface area (Å²) < 4.78 is 27.0. The largest absolute Gasteiger partial charge is 0.381 e. The number of aromatic nitrogens is 1. The molecule has 1 aromatic heterocycles. The van der Waals surface area contributed by atoms with Gasteiger partial charge in [-0.3, -0.25) is 4.79 Å². The molecule has 0 aliphatic carbocycles. The second-order valence-corrected chi connectivity index (χ2v) is 5.10. The third-order valence-electron chi connectivity index (χ3n) is 3.40. The van der Waals surface area contributed by atoms with Crippen molar-refractivity contribution in [3.63, 3.8) is 0 Å². The number of nitrogen functional groups attached to an aromatic ring is 1. The Balaban J connectivity index is 2.47. The molecule has 104 valence electrons. The summed E-state index contributed by atoms with van der Waals surface area (Å²) in [6.07, 6.45) is 0. The van der Waals surface area contributed by atoms with Crippen LogP contribution in [0.2, 0.25) is 0 Å². The Labute approximate surface area is 110 Å². The Morgan fingerprint density at radius 1 is 1.32 bits per heavy atom. The Morgan fingerprint density at radius 2 is 1.95 bits per heavy atom. The predicted molar refractivity (Wildman–Crippen MR) is 67.6 cm³/mol. The number of amides is 1. The van der Waals surface area contributed by atoms with Gasteiger partial charge in [0.25, 0.3) is 0 Å². The van der Waals surface area contributed by atoms with Gasteiger partial charge in [-0.25, -0.2) is 13.8 Å². The highest BCUT2D eigenvalue weighted by Gasteiger charge is 2.42. The van der Waals surface area contributed by atoms with Crippen LogP contribution in [-0.2, 0) is 4.79 Å². The summed E-state index contributed by atoms with van der Waals surface area (Å²) in [5, 5.41) is 0. The molecule has 0 atom stereocenters. The summed E-state index contributed by atoms with van der Waals surface area (Å²) in [5.41, 5.74) is 4.42. The van der Waals surface area contributed by atoms with Crippen molar-refractivity contribution in [1.29, 1.82) is 0 Å². The molecular weight excluding hydrogens is 254 g/mol. The van der Waals surface area contributed by atoms with E-state index in [-0.39, 0.29) is 17.5 Å². The first-order valence-electron chi connectivity index (χ1n) is 5.90. The fourth-order valence-corrected chi connectivity index (χ4v) is 2.24. The van der Waals surface area contributed by atoms with Crippen LogP contribution in [0.25, 0.3) is 0 Å². The van der Waals surface area contributed by atoms with E-state index in [4.69, 9.17) is 5.73 Å². The highest BCUT2D eigenvalue weighted by molar-refractivity contribution is 5.90. The molecule has 7 heteroatoms. The lowest BCUT2D eigenvalue weighted by atomic mass is 9.97. The topological polar surface area (TPSA) is 62.5 Å². The zero-order chi connectivity index (χ0) is 14.4. The fraction of sp³-hybridized carbons (Fsp3) is 0.500. The van der Waals surface area contributed by atoms with E-state index in [9.17, 15) is 13.6 Å². The van der Waals surface area contributed by atoms with E-state index < -0.39 is 17.2 Å². The van der Waals surface area contributed by atoms with E-state index in [2.05, 4.69) is 4.98 Å². The average Bonchev–Trinajstić information content (AvgIpc) is 2.32. The molecule has 1 aliphatic heterocycles. The van der Waals surface area contributed by atoms with Gasteiger partial charge in [0.1, 0.15) is 5.54 Å². The first-order chi connectivity index (χ1) is 8.75. The molecule has 0 saturated carbocycles. The standard InChI is InChI=1S/C12H16F2N4O/c1-12(2)11(19)17(3)4-5-18(12)10-8(14)6-7(13)9(15)16-10/h6H,4-5H2,1-3H3,(H2,15,16). The van der Waals surface area contributed by atoms with Gasteiger partial charge >= 0.3 is 0 Å². The lowest BCUT2D eigenvalue weighted by Crippen LogP contribution is -2.62. The first kappa shape index (κ1) is 13.5. The highest BCUT2D eigenvalue weighted by Crippen LogP contribution is 2.30. The van der Waals surface area contributed by atoms with Gasteiger partial charge in [-0.2, -0.15) is 0 Å². The molecule has 5 nitrogen and oxygen atoms in total. The maximum atomic E-state index is 13.9. The van der Waals surface area contributed by atoms with Crippen LogP contribution in [0.1, 0.15) is 13.8 Å². The third-order valence-corrected chi connectivity index (χ3v) is 3.40. The van der Waals surface area contributed by atoms with Crippen LogP contribution in [-0.4, -0.2) is 41.5 Å². The number of hydrogen-bond donors (Lipinski definition) is 1. The van der Waals surface area contributed by atoms with E-state index in [0.717, 1.165) is 0 Å². The zero-order valence-corrected chi connectivity index (χ0v) is 11.1. The number of likely N-dealkylation sites (N-methyl/N-ethyl adjacent to an activating group) is 1. The van der Waals surface area contributed by atoms with Gasteiger partial charge in [-0.05, 0) is 13.8 Å². The van der Waals surface area contributed by atoms with E-state index >= 15 is 0 Å². The highest BCUT2D eigenvalue weighted by atomic mass is 19.1. The number of halogens is 2. The Morgan fingerprint density at radius 3 is 2.58 bits per heavy atom. The van der Waals surface area contributed by atoms with Crippen molar-refractivity contribution in [2.24, 2.45) is 0 Å². The molecule has 1 aromatic rings. The molecule has 0 radical (unpaired) electrons. The van der Waals surface area contributed by atoms with Crippen LogP contribution in [0, 0.1) is 11.6 Å². The molecule has 2 rings (SSSR count). The van der Waals surface area contributed by atoms with Crippen LogP contribution in [0.15, 0.2) is 6.07 Å². The molecule has 1 fully saturated rings. The molecule has 2 heterocycles. The minimum absolute atomic E-state index is 0.0923. The predicted octanol–water partition coefficient (Wildman–Crippen LogP) is 0.999. The summed E-state index contributed by atoms with van der Waals surface area (Å²) in [6, 6.07) is 0.691. The lowest BCUT2D eigenvalue weighted by molar-refractivity contribution is -0.136. The Bertz CT molecular complexity index is 533. The van der Waals surface area contributed by atoms with Crippen molar-refractivity contribution >= 4 is 17.5 Å². The van der Waals surface area contributed by atoms with Crippen molar-refractivity contribution < 1.29 is 13.6 Å². The van der Waals surface area contributed by atoms with Gasteiger partial charge in [0, 0.05) is 26.2 Å². The number of nitrogens with zero attached hydrogens (tertiary/aromatic N) is 3. The quantitative estimate of drug-likeness (QED) is 0.827. The molecule has 1 aliphatic rings. The number of rotatable bonds is 1. The van der Waals surface area contributed by atoms with Gasteiger partial charge in [-0.15, -0.1) is 0 Å². The number of carbonyl (C=O) groups excluding carboxylic acids is 1. The third kappa shape index (κ3) is 2.09. The molecule has 0 unspecified atom stereocenters. The first-order valence-corrected chi connectivity index (χ1v) is 5.90. The second-order valence-electron chi connectivity index (χ2n) is 5.10. The molecule has 0 spiro atoms. The Kier molecular flexibility index (Phi) is 3.07. The molecule has 2 N–H and O–H groups in total. The number of anilines is 2. The monoisotopic (exact) mass is 270 g/mol. The SMILES string of the molecule is CN1CCN(c2nc(N)c(F)cc2F)C(C)(C)C1=O. The van der Waals surface area contributed by atoms with E-state index in [1.54, 1.807) is 25.8 Å². The molecule has 19 heavy (non-hydrogen) atoms. The summed E-state index contributed by atoms with van der Waals surface area (Å²) >= 11 is 0. The second kappa shape index (κ2) is 4.32. The molecule has 1 amide bonds. The average molecular weight is 270 g/mol. The number of hydrogen-bond acceptors (Lipinski definition) is 4. The van der Waals surface area contributed by atoms with Gasteiger partial charge < -0.3 is 15.5 Å². The minimum atomic E-state index is -0.953. The van der Waals surface area contributed by atoms with E-state index in [1.165, 1.54) is 4.90 Å². The van der Waals surface area contributed by atoms with E-state index in [0.29, 0.717) is 19.2 Å². The van der Waals surface area contributed by atoms with Crippen molar-refractivity contribution in [3.8, 4) is 0 Å². The van der Waals surface area contributed by atoms with Gasteiger partial charge in [-0.1, -0.05) is 0 Å². The molecular formula is C12H16F2N4O. The van der Waals surface area contributed by atoms with Gasteiger partial charge in [0.05, 0.1) is 0 Å². The summed E-state index contributed by atoms with van der Waals surface area (Å²) in [7, 11) is 1.68. The van der Waals surface area contributed by atoms with Crippen molar-refractivity contribution in [3.05, 3.63) is 17.7 Å². The lowest BCUT2D eigenvalue weighted by Gasteiger charge is -2.45. The van der Waals surface area contributed by atoms with Crippen molar-refractivity contribution in [2.75, 3.05) is 30.8 Å². The summed E-state index contributed by atoms with van der Waals surface area (Å²) in [5.74, 6) is -2.34. The smallest absolute Gasteiger partial charge is 0.247 e. The number of nitrogens with two attached hydrogens (primary N) is 1. The van der Waals surface area contributed by atoms with Crippen LogP contribution in [0.4, 0.5) is 20.4 Å². The zero-order valence-electron chi connectivity index (χ0n) is 11.1. The van der Waals surface area contributed by atoms with Gasteiger partial charge in [0.15, 0.2) is 23.3 Å². The fourth-order valence-electron chi connectivity index (χ4n) is 2.24. The normalized spacial score (nSPS) is 18.9. The molecule has 0 aromatic carbocycles. The van der Waals surface area contributed by atoms with Gasteiger partial charge in [0.2, 0.25) is 5.91 Å². The van der Waals surface area contributed by atoms with Crippen LogP contribution in [0.5, 0.6) is 0 Å². The number of piperazine rings is 1. The van der Waals surface area contributed by atoms with E-state index in [1.807, 2.05) is 0 Å². The van der Waals surface area contributed by atoms with Crippen molar-refractivity contribution in [1.82, 2.24) is 9.88 Å². The molecule has 1 saturated heterocycles. The number of carbonyl (C=O) groups is 1. The Hall–Kier alpha value is -1.92. The molecule has 0 bridgehead atoms. The van der Waals surface area contributed by atoms with Crippen molar-refractivity contribution in [2.45, 2.75) is 19.4 Å². The minimum Gasteiger partial charge on any atom is -0.381 e. The van der Waals surface area contributed by atoms with Crippen LogP contribution in [0.3, 0.4) is 0 Å².